The average molecular weight is 363 g/mol. The Kier molecular flexibility index (Phi) is 4.37. The predicted molar refractivity (Wildman–Crippen MR) is 86.1 cm³/mol. The van der Waals surface area contributed by atoms with Gasteiger partial charge in [-0.25, -0.2) is 15.8 Å². The summed E-state index contributed by atoms with van der Waals surface area (Å²) in [5, 5.41) is 12.3. The number of hydrogen-bond acceptors (Lipinski definition) is 5. The molecular formula is C15H15BrN4O2. The molecule has 0 bridgehead atoms. The number of carbonyl (C=O) groups excluding carboxylic acids is 1. The first kappa shape index (κ1) is 15.0. The second-order valence-electron chi connectivity index (χ2n) is 5.04. The quantitative estimate of drug-likeness (QED) is 0.671. The lowest BCUT2D eigenvalue weighted by atomic mass is 10.0. The van der Waals surface area contributed by atoms with Crippen LogP contribution in [0, 0.1) is 0 Å². The molecule has 0 radical (unpaired) electrons. The van der Waals surface area contributed by atoms with E-state index < -0.39 is 6.04 Å². The number of halogens is 1. The van der Waals surface area contributed by atoms with E-state index >= 15 is 0 Å². The van der Waals surface area contributed by atoms with Gasteiger partial charge in [0.2, 0.25) is 5.91 Å². The van der Waals surface area contributed by atoms with E-state index in [9.17, 15) is 9.90 Å². The standard InChI is InChI=1S/C15H15BrN4O2/c16-10-5-3-9(4-6-10)11-8-12(20-19-11)15(22)18-14-13(21)2-1-7-17-14/h1-7,11-12,19-21H,8H2,(H,17,18,22). The molecule has 1 amide bonds. The molecule has 7 heteroatoms. The zero-order valence-electron chi connectivity index (χ0n) is 11.6. The molecule has 2 heterocycles. The van der Waals surface area contributed by atoms with Crippen molar-refractivity contribution in [1.29, 1.82) is 0 Å². The molecule has 4 N–H and O–H groups in total. The number of carbonyl (C=O) groups is 1. The van der Waals surface area contributed by atoms with E-state index in [-0.39, 0.29) is 23.5 Å². The third-order valence-electron chi connectivity index (χ3n) is 3.52. The molecule has 1 aliphatic rings. The zero-order valence-corrected chi connectivity index (χ0v) is 13.2. The highest BCUT2D eigenvalue weighted by Crippen LogP contribution is 2.25. The molecule has 1 saturated heterocycles. The predicted octanol–water partition coefficient (Wildman–Crippen LogP) is 2.10. The lowest BCUT2D eigenvalue weighted by molar-refractivity contribution is -0.117. The molecule has 6 nitrogen and oxygen atoms in total. The SMILES string of the molecule is O=C(Nc1ncccc1O)C1CC(c2ccc(Br)cc2)NN1. The third kappa shape index (κ3) is 3.27. The maximum absolute atomic E-state index is 12.2. The first-order valence-electron chi connectivity index (χ1n) is 6.85. The zero-order chi connectivity index (χ0) is 15.5. The van der Waals surface area contributed by atoms with Crippen LogP contribution in [0.25, 0.3) is 0 Å². The van der Waals surface area contributed by atoms with Crippen molar-refractivity contribution in [3.05, 3.63) is 52.6 Å². The van der Waals surface area contributed by atoms with Crippen LogP contribution in [0.1, 0.15) is 18.0 Å². The highest BCUT2D eigenvalue weighted by Gasteiger charge is 2.30. The van der Waals surface area contributed by atoms with Gasteiger partial charge in [0.25, 0.3) is 0 Å². The molecule has 1 aromatic carbocycles. The maximum atomic E-state index is 12.2. The average Bonchev–Trinajstić information content (AvgIpc) is 3.00. The lowest BCUT2D eigenvalue weighted by Crippen LogP contribution is -2.39. The summed E-state index contributed by atoms with van der Waals surface area (Å²) in [7, 11) is 0. The molecule has 2 aromatic rings. The van der Waals surface area contributed by atoms with Gasteiger partial charge in [-0.1, -0.05) is 28.1 Å². The van der Waals surface area contributed by atoms with Crippen molar-refractivity contribution in [2.24, 2.45) is 0 Å². The third-order valence-corrected chi connectivity index (χ3v) is 4.05. The summed E-state index contributed by atoms with van der Waals surface area (Å²) < 4.78 is 1.02. The van der Waals surface area contributed by atoms with Gasteiger partial charge >= 0.3 is 0 Å². The monoisotopic (exact) mass is 362 g/mol. The van der Waals surface area contributed by atoms with Crippen LogP contribution < -0.4 is 16.2 Å². The van der Waals surface area contributed by atoms with Crippen LogP contribution in [0.5, 0.6) is 5.75 Å². The van der Waals surface area contributed by atoms with E-state index in [4.69, 9.17) is 0 Å². The topological polar surface area (TPSA) is 86.3 Å². The molecule has 0 aliphatic carbocycles. The van der Waals surface area contributed by atoms with Crippen molar-refractivity contribution in [3.8, 4) is 5.75 Å². The second kappa shape index (κ2) is 6.43. The molecule has 2 atom stereocenters. The highest BCUT2D eigenvalue weighted by atomic mass is 79.9. The number of pyridine rings is 1. The molecule has 0 spiro atoms. The Morgan fingerprint density at radius 1 is 1.27 bits per heavy atom. The Bertz CT molecular complexity index is 677. The number of nitrogens with one attached hydrogen (secondary N) is 3. The largest absolute Gasteiger partial charge is 0.504 e. The van der Waals surface area contributed by atoms with Crippen molar-refractivity contribution in [1.82, 2.24) is 15.8 Å². The molecule has 2 unspecified atom stereocenters. The normalized spacial score (nSPS) is 20.8. The van der Waals surface area contributed by atoms with E-state index in [1.807, 2.05) is 24.3 Å². The van der Waals surface area contributed by atoms with Gasteiger partial charge < -0.3 is 10.4 Å². The highest BCUT2D eigenvalue weighted by molar-refractivity contribution is 9.10. The molecule has 1 aliphatic heterocycles. The Morgan fingerprint density at radius 3 is 2.77 bits per heavy atom. The Balaban J connectivity index is 1.64. The van der Waals surface area contributed by atoms with Gasteiger partial charge in [0.1, 0.15) is 6.04 Å². The molecule has 1 aromatic heterocycles. The minimum Gasteiger partial charge on any atom is -0.504 e. The van der Waals surface area contributed by atoms with E-state index in [1.54, 1.807) is 6.07 Å². The van der Waals surface area contributed by atoms with Crippen LogP contribution in [0.15, 0.2) is 47.1 Å². The first-order chi connectivity index (χ1) is 10.6. The summed E-state index contributed by atoms with van der Waals surface area (Å²) in [6, 6.07) is 10.7. The molecule has 1 fully saturated rings. The van der Waals surface area contributed by atoms with Gasteiger partial charge in [0, 0.05) is 16.7 Å². The number of nitrogens with zero attached hydrogens (tertiary/aromatic N) is 1. The van der Waals surface area contributed by atoms with Crippen molar-refractivity contribution in [3.63, 3.8) is 0 Å². The number of benzene rings is 1. The van der Waals surface area contributed by atoms with Gasteiger partial charge in [-0.3, -0.25) is 4.79 Å². The Labute approximate surface area is 136 Å². The van der Waals surface area contributed by atoms with Crippen LogP contribution in [0.4, 0.5) is 5.82 Å². The minimum atomic E-state index is -0.393. The van der Waals surface area contributed by atoms with Crippen molar-refractivity contribution < 1.29 is 9.90 Å². The molecule has 114 valence electrons. The van der Waals surface area contributed by atoms with Gasteiger partial charge in [-0.2, -0.15) is 0 Å². The molecule has 3 rings (SSSR count). The summed E-state index contributed by atoms with van der Waals surface area (Å²) >= 11 is 3.40. The van der Waals surface area contributed by atoms with Crippen LogP contribution in [0.2, 0.25) is 0 Å². The van der Waals surface area contributed by atoms with Gasteiger partial charge in [0.05, 0.1) is 0 Å². The van der Waals surface area contributed by atoms with Crippen molar-refractivity contribution in [2.45, 2.75) is 18.5 Å². The summed E-state index contributed by atoms with van der Waals surface area (Å²) in [6.45, 7) is 0. The molecule has 22 heavy (non-hydrogen) atoms. The van der Waals surface area contributed by atoms with E-state index in [2.05, 4.69) is 37.1 Å². The van der Waals surface area contributed by atoms with E-state index in [0.717, 1.165) is 10.0 Å². The number of aromatic nitrogens is 1. The van der Waals surface area contributed by atoms with Crippen LogP contribution in [-0.4, -0.2) is 22.0 Å². The van der Waals surface area contributed by atoms with E-state index in [1.165, 1.54) is 12.3 Å². The fourth-order valence-electron chi connectivity index (χ4n) is 2.34. The fourth-order valence-corrected chi connectivity index (χ4v) is 2.60. The summed E-state index contributed by atoms with van der Waals surface area (Å²) in [6.07, 6.45) is 2.13. The number of hydrogen-bond donors (Lipinski definition) is 4. The van der Waals surface area contributed by atoms with Gasteiger partial charge in [0.15, 0.2) is 11.6 Å². The summed E-state index contributed by atoms with van der Waals surface area (Å²) in [4.78, 5) is 16.2. The van der Waals surface area contributed by atoms with Crippen LogP contribution in [-0.2, 0) is 4.79 Å². The van der Waals surface area contributed by atoms with Crippen LogP contribution >= 0.6 is 15.9 Å². The van der Waals surface area contributed by atoms with Crippen molar-refractivity contribution in [2.75, 3.05) is 5.32 Å². The Morgan fingerprint density at radius 2 is 2.05 bits per heavy atom. The minimum absolute atomic E-state index is 0.0498. The number of amides is 1. The fraction of sp³-hybridized carbons (Fsp3) is 0.200. The summed E-state index contributed by atoms with van der Waals surface area (Å²) in [5.41, 5.74) is 7.19. The molecular weight excluding hydrogens is 348 g/mol. The number of hydrazine groups is 1. The lowest BCUT2D eigenvalue weighted by Gasteiger charge is -2.11. The number of rotatable bonds is 3. The van der Waals surface area contributed by atoms with Crippen LogP contribution in [0.3, 0.4) is 0 Å². The first-order valence-corrected chi connectivity index (χ1v) is 7.64. The summed E-state index contributed by atoms with van der Waals surface area (Å²) in [5.74, 6) is -0.117. The van der Waals surface area contributed by atoms with Gasteiger partial charge in [-0.05, 0) is 36.2 Å². The molecule has 0 saturated carbocycles. The second-order valence-corrected chi connectivity index (χ2v) is 5.96. The van der Waals surface area contributed by atoms with Crippen molar-refractivity contribution >= 4 is 27.7 Å². The Hall–Kier alpha value is -1.96. The number of aromatic hydroxyl groups is 1. The number of anilines is 1. The van der Waals surface area contributed by atoms with E-state index in [0.29, 0.717) is 6.42 Å². The van der Waals surface area contributed by atoms with Gasteiger partial charge in [-0.15, -0.1) is 0 Å². The maximum Gasteiger partial charge on any atom is 0.244 e. The smallest absolute Gasteiger partial charge is 0.244 e.